The van der Waals surface area contributed by atoms with Gasteiger partial charge in [-0.05, 0) is 44.6 Å². The molecule has 0 aliphatic carbocycles. The zero-order valence-electron chi connectivity index (χ0n) is 18.6. The molecule has 32 heavy (non-hydrogen) atoms. The van der Waals surface area contributed by atoms with Crippen LogP contribution >= 0.6 is 0 Å². The predicted molar refractivity (Wildman–Crippen MR) is 125 cm³/mol. The van der Waals surface area contributed by atoms with Crippen LogP contribution in [-0.2, 0) is 11.3 Å². The first-order valence-corrected chi connectivity index (χ1v) is 11.2. The molecule has 2 aromatic rings. The minimum Gasteiger partial charge on any atom is -0.369 e. The van der Waals surface area contributed by atoms with Gasteiger partial charge in [0.15, 0.2) is 0 Å². The minimum atomic E-state index is -0.537. The van der Waals surface area contributed by atoms with E-state index < -0.39 is 6.04 Å². The van der Waals surface area contributed by atoms with Gasteiger partial charge in [-0.2, -0.15) is 4.98 Å². The quantitative estimate of drug-likeness (QED) is 0.493. The number of rotatable bonds is 3. The van der Waals surface area contributed by atoms with Crippen LogP contribution in [0, 0.1) is 6.92 Å². The summed E-state index contributed by atoms with van der Waals surface area (Å²) in [6.45, 7) is 4.33. The number of amides is 2. The van der Waals surface area contributed by atoms with Gasteiger partial charge >= 0.3 is 0 Å². The molecule has 0 radical (unpaired) electrons. The van der Waals surface area contributed by atoms with E-state index in [4.69, 9.17) is 5.73 Å². The van der Waals surface area contributed by atoms with Gasteiger partial charge in [-0.3, -0.25) is 9.59 Å². The van der Waals surface area contributed by atoms with Gasteiger partial charge in [-0.1, -0.05) is 29.8 Å². The third kappa shape index (κ3) is 7.19. The van der Waals surface area contributed by atoms with Crippen molar-refractivity contribution >= 4 is 23.6 Å². The standard InChI is InChI=1S/C23H33N7O2/c1-16-7-9-17(10-8-16)14-28-21(31)18-15-29-23-27-12-4-2-3-11-26-22(32)19(24)6-5-13-25-20(18)30-23/h7-10,15,19H,2-6,11-14,24H2,1H3,(H,26,32)(H,28,31)(H2,25,27,29,30)/t19-/m0/s1. The number of nitrogens with two attached hydrogens (primary N) is 1. The molecular formula is C23H33N7O2. The minimum absolute atomic E-state index is 0.115. The molecule has 1 aliphatic heterocycles. The molecule has 9 nitrogen and oxygen atoms in total. The van der Waals surface area contributed by atoms with Crippen molar-refractivity contribution in [1.29, 1.82) is 0 Å². The number of nitrogens with zero attached hydrogens (tertiary/aromatic N) is 2. The summed E-state index contributed by atoms with van der Waals surface area (Å²) in [4.78, 5) is 33.7. The fraction of sp³-hybridized carbons (Fsp3) is 0.478. The average molecular weight is 440 g/mol. The fourth-order valence-electron chi connectivity index (χ4n) is 3.38. The molecule has 0 saturated carbocycles. The first-order chi connectivity index (χ1) is 15.5. The van der Waals surface area contributed by atoms with Crippen LogP contribution in [-0.4, -0.2) is 47.5 Å². The van der Waals surface area contributed by atoms with Crippen LogP contribution in [0.25, 0.3) is 0 Å². The van der Waals surface area contributed by atoms with E-state index in [2.05, 4.69) is 31.2 Å². The van der Waals surface area contributed by atoms with E-state index in [0.717, 1.165) is 24.8 Å². The highest BCUT2D eigenvalue weighted by atomic mass is 16.2. The zero-order valence-corrected chi connectivity index (χ0v) is 18.6. The first kappa shape index (κ1) is 23.5. The molecule has 1 aromatic heterocycles. The number of carbonyl (C=O) groups is 2. The van der Waals surface area contributed by atoms with Gasteiger partial charge in [0.1, 0.15) is 11.4 Å². The van der Waals surface area contributed by atoms with E-state index >= 15 is 0 Å². The molecule has 9 heteroatoms. The summed E-state index contributed by atoms with van der Waals surface area (Å²) in [5.74, 6) is 0.592. The lowest BCUT2D eigenvalue weighted by Crippen LogP contribution is -2.41. The number of nitrogens with one attached hydrogen (secondary N) is 4. The zero-order chi connectivity index (χ0) is 22.8. The Morgan fingerprint density at radius 1 is 1.06 bits per heavy atom. The van der Waals surface area contributed by atoms with E-state index in [0.29, 0.717) is 56.4 Å². The van der Waals surface area contributed by atoms with Crippen molar-refractivity contribution in [2.45, 2.75) is 51.6 Å². The Balaban J connectivity index is 1.68. The van der Waals surface area contributed by atoms with Crippen molar-refractivity contribution in [3.05, 3.63) is 47.2 Å². The Kier molecular flexibility index (Phi) is 8.79. The summed E-state index contributed by atoms with van der Waals surface area (Å²) in [5, 5.41) is 12.3. The molecule has 0 saturated heterocycles. The average Bonchev–Trinajstić information content (AvgIpc) is 2.79. The highest BCUT2D eigenvalue weighted by molar-refractivity contribution is 5.98. The number of aryl methyl sites for hydroxylation is 1. The number of fused-ring (bicyclic) bond motifs is 2. The molecule has 1 aliphatic rings. The van der Waals surface area contributed by atoms with E-state index in [1.807, 2.05) is 31.2 Å². The maximum atomic E-state index is 12.8. The third-order valence-electron chi connectivity index (χ3n) is 5.36. The largest absolute Gasteiger partial charge is 0.369 e. The molecule has 0 unspecified atom stereocenters. The maximum Gasteiger partial charge on any atom is 0.256 e. The second-order valence-electron chi connectivity index (χ2n) is 8.08. The van der Waals surface area contributed by atoms with E-state index in [-0.39, 0.29) is 11.8 Å². The Morgan fingerprint density at radius 3 is 2.56 bits per heavy atom. The Bertz CT molecular complexity index is 902. The van der Waals surface area contributed by atoms with Gasteiger partial charge in [0.25, 0.3) is 5.91 Å². The second-order valence-corrected chi connectivity index (χ2v) is 8.08. The highest BCUT2D eigenvalue weighted by Crippen LogP contribution is 2.15. The molecule has 172 valence electrons. The number of anilines is 2. The molecule has 6 N–H and O–H groups in total. The van der Waals surface area contributed by atoms with Gasteiger partial charge in [0.2, 0.25) is 11.9 Å². The number of hydrogen-bond donors (Lipinski definition) is 5. The summed E-state index contributed by atoms with van der Waals surface area (Å²) in [6, 6.07) is 7.48. The number of hydrogen-bond acceptors (Lipinski definition) is 7. The van der Waals surface area contributed by atoms with Crippen LogP contribution < -0.4 is 27.0 Å². The Morgan fingerprint density at radius 2 is 1.78 bits per heavy atom. The van der Waals surface area contributed by atoms with Crippen molar-refractivity contribution in [2.75, 3.05) is 30.3 Å². The second kappa shape index (κ2) is 12.0. The molecule has 2 heterocycles. The SMILES string of the molecule is Cc1ccc(CNC(=O)c2cnc3nc2NCCC[C@H](N)C(=O)NCCCCCN3)cc1. The molecule has 2 bridgehead atoms. The van der Waals surface area contributed by atoms with Crippen LogP contribution in [0.3, 0.4) is 0 Å². The Hall–Kier alpha value is -3.20. The van der Waals surface area contributed by atoms with Crippen LogP contribution in [0.4, 0.5) is 11.8 Å². The monoisotopic (exact) mass is 439 g/mol. The van der Waals surface area contributed by atoms with Crippen molar-refractivity contribution in [2.24, 2.45) is 5.73 Å². The summed E-state index contributed by atoms with van der Waals surface area (Å²) >= 11 is 0. The lowest BCUT2D eigenvalue weighted by Gasteiger charge is -2.15. The Labute approximate surface area is 189 Å². The van der Waals surface area contributed by atoms with Gasteiger partial charge in [-0.15, -0.1) is 0 Å². The van der Waals surface area contributed by atoms with Crippen molar-refractivity contribution in [3.8, 4) is 0 Å². The summed E-state index contributed by atoms with van der Waals surface area (Å²) in [6.07, 6.45) is 5.55. The van der Waals surface area contributed by atoms with E-state index in [1.165, 1.54) is 5.56 Å². The van der Waals surface area contributed by atoms with Gasteiger partial charge < -0.3 is 27.0 Å². The molecule has 0 spiro atoms. The number of carbonyl (C=O) groups excluding carboxylic acids is 2. The molecular weight excluding hydrogens is 406 g/mol. The fourth-order valence-corrected chi connectivity index (χ4v) is 3.38. The van der Waals surface area contributed by atoms with Gasteiger partial charge in [0, 0.05) is 32.4 Å². The summed E-state index contributed by atoms with van der Waals surface area (Å²) in [7, 11) is 0. The molecule has 3 rings (SSSR count). The maximum absolute atomic E-state index is 12.8. The molecule has 0 fully saturated rings. The third-order valence-corrected chi connectivity index (χ3v) is 5.36. The number of aromatic nitrogens is 2. The van der Waals surface area contributed by atoms with Crippen LogP contribution in [0.1, 0.15) is 53.6 Å². The van der Waals surface area contributed by atoms with E-state index in [1.54, 1.807) is 6.20 Å². The molecule has 1 atom stereocenters. The highest BCUT2D eigenvalue weighted by Gasteiger charge is 2.16. The van der Waals surface area contributed by atoms with Crippen LogP contribution in [0.5, 0.6) is 0 Å². The van der Waals surface area contributed by atoms with Crippen LogP contribution in [0.15, 0.2) is 30.5 Å². The van der Waals surface area contributed by atoms with Gasteiger partial charge in [-0.25, -0.2) is 4.98 Å². The predicted octanol–water partition coefficient (Wildman–Crippen LogP) is 1.95. The van der Waals surface area contributed by atoms with Crippen LogP contribution in [0.2, 0.25) is 0 Å². The summed E-state index contributed by atoms with van der Waals surface area (Å²) < 4.78 is 0. The molecule has 1 aromatic carbocycles. The first-order valence-electron chi connectivity index (χ1n) is 11.2. The number of benzene rings is 1. The topological polar surface area (TPSA) is 134 Å². The lowest BCUT2D eigenvalue weighted by atomic mass is 10.1. The van der Waals surface area contributed by atoms with Crippen molar-refractivity contribution < 1.29 is 9.59 Å². The smallest absolute Gasteiger partial charge is 0.256 e. The molecule has 2 amide bonds. The van der Waals surface area contributed by atoms with Gasteiger partial charge in [0.05, 0.1) is 6.04 Å². The van der Waals surface area contributed by atoms with E-state index in [9.17, 15) is 9.59 Å². The summed E-state index contributed by atoms with van der Waals surface area (Å²) in [5.41, 5.74) is 8.56. The normalized spacial score (nSPS) is 18.1. The van der Waals surface area contributed by atoms with Crippen molar-refractivity contribution in [1.82, 2.24) is 20.6 Å². The lowest BCUT2D eigenvalue weighted by molar-refractivity contribution is -0.122. The van der Waals surface area contributed by atoms with Crippen molar-refractivity contribution in [3.63, 3.8) is 0 Å².